The van der Waals surface area contributed by atoms with Crippen LogP contribution in [0.2, 0.25) is 0 Å². The number of aromatic nitrogens is 2. The van der Waals surface area contributed by atoms with Gasteiger partial charge in [0.25, 0.3) is 0 Å². The molecule has 0 radical (unpaired) electrons. The Bertz CT molecular complexity index is 1210. The number of fused-ring (bicyclic) bond motifs is 1. The molecule has 4 rings (SSSR count). The smallest absolute Gasteiger partial charge is 0.323 e. The highest BCUT2D eigenvalue weighted by Gasteiger charge is 2.28. The molecule has 1 fully saturated rings. The largest absolute Gasteiger partial charge is 0.491 e. The van der Waals surface area contributed by atoms with E-state index >= 15 is 0 Å². The lowest BCUT2D eigenvalue weighted by Crippen LogP contribution is -2.48. The van der Waals surface area contributed by atoms with E-state index in [2.05, 4.69) is 9.88 Å². The van der Waals surface area contributed by atoms with Crippen molar-refractivity contribution >= 4 is 32.7 Å². The Labute approximate surface area is 186 Å². The second-order valence-corrected chi connectivity index (χ2v) is 9.91. The number of hydrogen-bond donors (Lipinski definition) is 1. The minimum atomic E-state index is -3.59. The summed E-state index contributed by atoms with van der Waals surface area (Å²) in [7, 11) is -3.59. The molecule has 10 heteroatoms. The van der Waals surface area contributed by atoms with Crippen LogP contribution in [0.1, 0.15) is 13.8 Å². The lowest BCUT2D eigenvalue weighted by atomic mass is 10.2. The Morgan fingerprint density at radius 1 is 1.09 bits per heavy atom. The molecule has 9 nitrogen and oxygen atoms in total. The maximum absolute atomic E-state index is 13.1. The predicted octanol–water partition coefficient (Wildman–Crippen LogP) is 2.42. The van der Waals surface area contributed by atoms with Gasteiger partial charge in [-0.1, -0.05) is 0 Å². The molecule has 32 heavy (non-hydrogen) atoms. The first-order chi connectivity index (χ1) is 15.2. The van der Waals surface area contributed by atoms with Gasteiger partial charge in [-0.2, -0.15) is 4.31 Å². The summed E-state index contributed by atoms with van der Waals surface area (Å²) in [6, 6.07) is 12.2. The molecule has 0 unspecified atom stereocenters. The quantitative estimate of drug-likeness (QED) is 0.580. The van der Waals surface area contributed by atoms with E-state index in [1.807, 2.05) is 32.0 Å². The van der Waals surface area contributed by atoms with Gasteiger partial charge in [-0.05, 0) is 56.3 Å². The van der Waals surface area contributed by atoms with Crippen molar-refractivity contribution in [2.45, 2.75) is 31.4 Å². The standard InChI is InChI=1S/C22H26N4O5S/c1-16(2)31-18-4-6-19(7-5-18)32(29,30)26-11-9-24(10-12-26)17-3-8-20-21(13-17)25(15-23-20)14-22(27)28/h3-8,13,15-16H,9-12,14H2,1-2H3,(H,27,28). The summed E-state index contributed by atoms with van der Waals surface area (Å²) in [6.07, 6.45) is 1.54. The van der Waals surface area contributed by atoms with Gasteiger partial charge in [0.05, 0.1) is 28.4 Å². The molecule has 0 bridgehead atoms. The van der Waals surface area contributed by atoms with Crippen LogP contribution in [0.4, 0.5) is 5.69 Å². The topological polar surface area (TPSA) is 105 Å². The first-order valence-electron chi connectivity index (χ1n) is 10.4. The number of carbonyl (C=O) groups is 1. The Morgan fingerprint density at radius 2 is 1.78 bits per heavy atom. The highest BCUT2D eigenvalue weighted by atomic mass is 32.2. The fraction of sp³-hybridized carbons (Fsp3) is 0.364. The van der Waals surface area contributed by atoms with Crippen LogP contribution in [0.3, 0.4) is 0 Å². The van der Waals surface area contributed by atoms with Gasteiger partial charge in [0, 0.05) is 31.9 Å². The Balaban J connectivity index is 1.46. The molecular formula is C22H26N4O5S. The molecule has 1 aliphatic rings. The monoisotopic (exact) mass is 458 g/mol. The van der Waals surface area contributed by atoms with E-state index in [-0.39, 0.29) is 17.5 Å². The molecule has 1 aromatic heterocycles. The van der Waals surface area contributed by atoms with E-state index in [1.54, 1.807) is 28.8 Å². The van der Waals surface area contributed by atoms with Crippen LogP contribution in [0.15, 0.2) is 53.7 Å². The molecule has 2 heterocycles. The van der Waals surface area contributed by atoms with Crippen molar-refractivity contribution in [3.63, 3.8) is 0 Å². The van der Waals surface area contributed by atoms with Crippen molar-refractivity contribution in [3.8, 4) is 5.75 Å². The maximum atomic E-state index is 13.1. The van der Waals surface area contributed by atoms with Gasteiger partial charge < -0.3 is 19.3 Å². The van der Waals surface area contributed by atoms with Gasteiger partial charge in [-0.25, -0.2) is 13.4 Å². The first kappa shape index (κ1) is 22.1. The molecule has 0 aliphatic carbocycles. The van der Waals surface area contributed by atoms with Gasteiger partial charge in [-0.3, -0.25) is 4.79 Å². The minimum absolute atomic E-state index is 0.0209. The maximum Gasteiger partial charge on any atom is 0.323 e. The summed E-state index contributed by atoms with van der Waals surface area (Å²) >= 11 is 0. The lowest BCUT2D eigenvalue weighted by molar-refractivity contribution is -0.137. The number of piperazine rings is 1. The summed E-state index contributed by atoms with van der Waals surface area (Å²) in [5.41, 5.74) is 2.38. The van der Waals surface area contributed by atoms with Crippen LogP contribution in [0.25, 0.3) is 11.0 Å². The average molecular weight is 459 g/mol. The number of benzene rings is 2. The van der Waals surface area contributed by atoms with E-state index in [1.165, 1.54) is 10.6 Å². The molecule has 2 aromatic carbocycles. The van der Waals surface area contributed by atoms with Gasteiger partial charge in [0.1, 0.15) is 12.3 Å². The zero-order valence-electron chi connectivity index (χ0n) is 18.0. The molecule has 0 spiro atoms. The second kappa shape index (κ2) is 8.79. The molecular weight excluding hydrogens is 432 g/mol. The van der Waals surface area contributed by atoms with E-state index in [0.717, 1.165) is 16.7 Å². The zero-order valence-corrected chi connectivity index (χ0v) is 18.8. The highest BCUT2D eigenvalue weighted by Crippen LogP contribution is 2.25. The van der Waals surface area contributed by atoms with E-state index in [9.17, 15) is 13.2 Å². The predicted molar refractivity (Wildman–Crippen MR) is 121 cm³/mol. The van der Waals surface area contributed by atoms with Crippen LogP contribution >= 0.6 is 0 Å². The lowest BCUT2D eigenvalue weighted by Gasteiger charge is -2.35. The van der Waals surface area contributed by atoms with Crippen LogP contribution in [-0.4, -0.2) is 65.6 Å². The van der Waals surface area contributed by atoms with Crippen LogP contribution in [-0.2, 0) is 21.4 Å². The number of rotatable bonds is 7. The highest BCUT2D eigenvalue weighted by molar-refractivity contribution is 7.89. The molecule has 170 valence electrons. The molecule has 1 N–H and O–H groups in total. The SMILES string of the molecule is CC(C)Oc1ccc(S(=O)(=O)N2CCN(c3ccc4ncn(CC(=O)O)c4c3)CC2)cc1. The number of anilines is 1. The summed E-state index contributed by atoms with van der Waals surface area (Å²) in [5.74, 6) is -0.293. The van der Waals surface area contributed by atoms with Crippen molar-refractivity contribution in [2.75, 3.05) is 31.1 Å². The van der Waals surface area contributed by atoms with E-state index in [0.29, 0.717) is 31.9 Å². The minimum Gasteiger partial charge on any atom is -0.491 e. The van der Waals surface area contributed by atoms with E-state index < -0.39 is 16.0 Å². The fourth-order valence-corrected chi connectivity index (χ4v) is 5.23. The normalized spacial score (nSPS) is 15.4. The van der Waals surface area contributed by atoms with Crippen molar-refractivity contribution in [3.05, 3.63) is 48.8 Å². The number of aliphatic carboxylic acids is 1. The van der Waals surface area contributed by atoms with Crippen molar-refractivity contribution in [2.24, 2.45) is 0 Å². The summed E-state index contributed by atoms with van der Waals surface area (Å²) in [4.78, 5) is 17.7. The summed E-state index contributed by atoms with van der Waals surface area (Å²) < 4.78 is 34.8. The third kappa shape index (κ3) is 4.56. The Kier molecular flexibility index (Phi) is 6.07. The summed E-state index contributed by atoms with van der Waals surface area (Å²) in [5, 5.41) is 9.09. The number of nitrogens with zero attached hydrogens (tertiary/aromatic N) is 4. The van der Waals surface area contributed by atoms with Gasteiger partial charge >= 0.3 is 5.97 Å². The van der Waals surface area contributed by atoms with Crippen molar-refractivity contribution in [1.29, 1.82) is 0 Å². The van der Waals surface area contributed by atoms with Crippen LogP contribution in [0, 0.1) is 0 Å². The van der Waals surface area contributed by atoms with Crippen LogP contribution < -0.4 is 9.64 Å². The van der Waals surface area contributed by atoms with Crippen LogP contribution in [0.5, 0.6) is 5.75 Å². The Hall–Kier alpha value is -3.11. The number of carboxylic acid groups (broad SMARTS) is 1. The number of carboxylic acids is 1. The number of hydrogen-bond acceptors (Lipinski definition) is 6. The Morgan fingerprint density at radius 3 is 2.41 bits per heavy atom. The molecule has 1 saturated heterocycles. The van der Waals surface area contributed by atoms with Gasteiger partial charge in [-0.15, -0.1) is 0 Å². The van der Waals surface area contributed by atoms with Gasteiger partial charge in [0.2, 0.25) is 10.0 Å². The second-order valence-electron chi connectivity index (χ2n) is 7.97. The molecule has 0 atom stereocenters. The number of ether oxygens (including phenoxy) is 1. The van der Waals surface area contributed by atoms with E-state index in [4.69, 9.17) is 9.84 Å². The average Bonchev–Trinajstić information content (AvgIpc) is 3.15. The number of sulfonamides is 1. The third-order valence-corrected chi connectivity index (χ3v) is 7.26. The molecule has 3 aromatic rings. The fourth-order valence-electron chi connectivity index (χ4n) is 3.81. The molecule has 1 aliphatic heterocycles. The molecule has 0 saturated carbocycles. The first-order valence-corrected chi connectivity index (χ1v) is 11.9. The zero-order chi connectivity index (χ0) is 22.9. The van der Waals surface area contributed by atoms with Crippen molar-refractivity contribution in [1.82, 2.24) is 13.9 Å². The number of imidazole rings is 1. The summed E-state index contributed by atoms with van der Waals surface area (Å²) in [6.45, 7) is 5.47. The van der Waals surface area contributed by atoms with Crippen molar-refractivity contribution < 1.29 is 23.1 Å². The molecule has 0 amide bonds. The van der Waals surface area contributed by atoms with Gasteiger partial charge in [0.15, 0.2) is 0 Å². The third-order valence-electron chi connectivity index (χ3n) is 5.35.